The number of nitrogen functional groups attached to an aromatic ring is 1. The van der Waals surface area contributed by atoms with Crippen LogP contribution in [0.5, 0.6) is 0 Å². The van der Waals surface area contributed by atoms with Gasteiger partial charge in [-0.2, -0.15) is 0 Å². The van der Waals surface area contributed by atoms with Gasteiger partial charge in [-0.25, -0.2) is 0 Å². The predicted octanol–water partition coefficient (Wildman–Crippen LogP) is 4.02. The summed E-state index contributed by atoms with van der Waals surface area (Å²) in [5, 5.41) is 0. The van der Waals surface area contributed by atoms with Crippen molar-refractivity contribution >= 4 is 69.4 Å². The zero-order chi connectivity index (χ0) is 9.30. The molecule has 0 bridgehead atoms. The highest BCUT2D eigenvalue weighted by molar-refractivity contribution is 9.14. The van der Waals surface area contributed by atoms with E-state index in [0.29, 0.717) is 0 Å². The summed E-state index contributed by atoms with van der Waals surface area (Å²) in [4.78, 5) is 0. The molecule has 66 valence electrons. The van der Waals surface area contributed by atoms with Crippen LogP contribution in [0.2, 0.25) is 0 Å². The zero-order valence-electron chi connectivity index (χ0n) is 5.67. The minimum atomic E-state index is 0.802. The lowest BCUT2D eigenvalue weighted by Crippen LogP contribution is -2.08. The molecular weight excluding hydrogens is 420 g/mol. The van der Waals surface area contributed by atoms with E-state index in [1.165, 1.54) is 0 Å². The summed E-state index contributed by atoms with van der Waals surface area (Å²) in [6.45, 7) is 0. The second-order valence-electron chi connectivity index (χ2n) is 1.99. The van der Waals surface area contributed by atoms with Gasteiger partial charge in [0.15, 0.2) is 0 Å². The van der Waals surface area contributed by atoms with Gasteiger partial charge in [0.25, 0.3) is 0 Å². The van der Waals surface area contributed by atoms with E-state index in [4.69, 9.17) is 5.84 Å². The number of nitrogens with two attached hydrogens (primary N) is 1. The van der Waals surface area contributed by atoms with E-state index in [9.17, 15) is 0 Å². The number of anilines is 1. The average Bonchev–Trinajstić information content (AvgIpc) is 2.02. The van der Waals surface area contributed by atoms with Crippen molar-refractivity contribution in [2.75, 3.05) is 5.43 Å². The van der Waals surface area contributed by atoms with E-state index in [0.717, 1.165) is 23.6 Å². The standard InChI is InChI=1S/C6H4Br4N2/c7-2-1-3(8)5(10)6(12-11)4(2)9/h1,12H,11H2. The molecule has 0 aliphatic heterocycles. The van der Waals surface area contributed by atoms with Crippen molar-refractivity contribution in [2.45, 2.75) is 0 Å². The molecule has 0 aliphatic rings. The van der Waals surface area contributed by atoms with Crippen LogP contribution in [-0.2, 0) is 0 Å². The molecule has 1 rings (SSSR count). The molecule has 0 atom stereocenters. The maximum absolute atomic E-state index is 5.34. The molecule has 0 saturated heterocycles. The molecule has 0 radical (unpaired) electrons. The van der Waals surface area contributed by atoms with E-state index in [1.807, 2.05) is 6.07 Å². The van der Waals surface area contributed by atoms with Crippen LogP contribution in [0.25, 0.3) is 0 Å². The van der Waals surface area contributed by atoms with Crippen LogP contribution in [0.3, 0.4) is 0 Å². The van der Waals surface area contributed by atoms with Gasteiger partial charge in [0.1, 0.15) is 0 Å². The van der Waals surface area contributed by atoms with Gasteiger partial charge >= 0.3 is 0 Å². The number of hydrogen-bond acceptors (Lipinski definition) is 2. The molecule has 1 aromatic rings. The van der Waals surface area contributed by atoms with E-state index in [1.54, 1.807) is 0 Å². The highest BCUT2D eigenvalue weighted by Crippen LogP contribution is 2.40. The molecule has 3 N–H and O–H groups in total. The molecule has 0 heterocycles. The summed E-state index contributed by atoms with van der Waals surface area (Å²) < 4.78 is 3.65. The quantitative estimate of drug-likeness (QED) is 0.407. The van der Waals surface area contributed by atoms with Crippen molar-refractivity contribution in [3.8, 4) is 0 Å². The van der Waals surface area contributed by atoms with Gasteiger partial charge in [0.05, 0.1) is 14.6 Å². The maximum atomic E-state index is 5.34. The Kier molecular flexibility index (Phi) is 4.04. The van der Waals surface area contributed by atoms with Crippen LogP contribution in [0.1, 0.15) is 0 Å². The van der Waals surface area contributed by atoms with Crippen molar-refractivity contribution in [2.24, 2.45) is 5.84 Å². The lowest BCUT2D eigenvalue weighted by Gasteiger charge is -2.09. The second-order valence-corrected chi connectivity index (χ2v) is 5.28. The molecule has 0 saturated carbocycles. The van der Waals surface area contributed by atoms with Gasteiger partial charge in [-0.15, -0.1) is 0 Å². The first-order valence-corrected chi connectivity index (χ1v) is 6.04. The molecule has 0 aromatic heterocycles. The van der Waals surface area contributed by atoms with Gasteiger partial charge in [0, 0.05) is 8.95 Å². The molecule has 0 unspecified atom stereocenters. The fraction of sp³-hybridized carbons (Fsp3) is 0. The molecule has 0 amide bonds. The topological polar surface area (TPSA) is 38.0 Å². The van der Waals surface area contributed by atoms with Crippen molar-refractivity contribution in [3.05, 3.63) is 24.0 Å². The first-order valence-electron chi connectivity index (χ1n) is 2.87. The Morgan fingerprint density at radius 2 is 1.42 bits per heavy atom. The molecule has 0 aliphatic carbocycles. The second kappa shape index (κ2) is 4.41. The molecule has 0 fully saturated rings. The first-order chi connectivity index (χ1) is 5.57. The van der Waals surface area contributed by atoms with Crippen molar-refractivity contribution < 1.29 is 0 Å². The Bertz CT molecular complexity index is 287. The van der Waals surface area contributed by atoms with E-state index < -0.39 is 0 Å². The minimum Gasteiger partial charge on any atom is -0.322 e. The van der Waals surface area contributed by atoms with E-state index in [2.05, 4.69) is 69.1 Å². The smallest absolute Gasteiger partial charge is 0.0794 e. The van der Waals surface area contributed by atoms with Crippen molar-refractivity contribution in [3.63, 3.8) is 0 Å². The Morgan fingerprint density at radius 3 is 1.75 bits per heavy atom. The summed E-state index contributed by atoms with van der Waals surface area (Å²) >= 11 is 13.5. The molecule has 2 nitrogen and oxygen atoms in total. The van der Waals surface area contributed by atoms with Crippen molar-refractivity contribution in [1.82, 2.24) is 0 Å². The van der Waals surface area contributed by atoms with E-state index in [-0.39, 0.29) is 0 Å². The fourth-order valence-corrected chi connectivity index (χ4v) is 2.98. The van der Waals surface area contributed by atoms with Crippen LogP contribution in [0, 0.1) is 0 Å². The summed E-state index contributed by atoms with van der Waals surface area (Å²) in [7, 11) is 0. The predicted molar refractivity (Wildman–Crippen MR) is 65.1 cm³/mol. The van der Waals surface area contributed by atoms with Crippen LogP contribution in [-0.4, -0.2) is 0 Å². The largest absolute Gasteiger partial charge is 0.322 e. The fourth-order valence-electron chi connectivity index (χ4n) is 0.700. The Labute approximate surface area is 104 Å². The number of rotatable bonds is 1. The highest BCUT2D eigenvalue weighted by Gasteiger charge is 2.10. The van der Waals surface area contributed by atoms with Crippen molar-refractivity contribution in [1.29, 1.82) is 0 Å². The van der Waals surface area contributed by atoms with Gasteiger partial charge in [-0.1, -0.05) is 0 Å². The SMILES string of the molecule is NNc1c(Br)c(Br)cc(Br)c1Br. The van der Waals surface area contributed by atoms with Gasteiger partial charge in [-0.3, -0.25) is 5.84 Å². The molecule has 0 spiro atoms. The zero-order valence-corrected chi connectivity index (χ0v) is 12.0. The first kappa shape index (κ1) is 11.0. The Hall–Kier alpha value is 0.900. The van der Waals surface area contributed by atoms with Gasteiger partial charge in [0.2, 0.25) is 0 Å². The lowest BCUT2D eigenvalue weighted by atomic mass is 10.3. The summed E-state index contributed by atoms with van der Waals surface area (Å²) in [5.41, 5.74) is 3.39. The van der Waals surface area contributed by atoms with E-state index >= 15 is 0 Å². The molecule has 1 aromatic carbocycles. The number of nitrogens with one attached hydrogen (secondary N) is 1. The monoisotopic (exact) mass is 420 g/mol. The maximum Gasteiger partial charge on any atom is 0.0794 e. The van der Waals surface area contributed by atoms with Crippen LogP contribution >= 0.6 is 63.7 Å². The number of hydrazine groups is 1. The third kappa shape index (κ3) is 2.04. The van der Waals surface area contributed by atoms with Crippen LogP contribution < -0.4 is 11.3 Å². The molecule has 12 heavy (non-hydrogen) atoms. The van der Waals surface area contributed by atoms with Crippen LogP contribution in [0.15, 0.2) is 24.0 Å². The van der Waals surface area contributed by atoms with Crippen LogP contribution in [0.4, 0.5) is 5.69 Å². The highest BCUT2D eigenvalue weighted by atomic mass is 79.9. The summed E-state index contributed by atoms with van der Waals surface area (Å²) in [6, 6.07) is 1.93. The lowest BCUT2D eigenvalue weighted by molar-refractivity contribution is 1.31. The normalized spacial score (nSPS) is 10.1. The summed E-state index contributed by atoms with van der Waals surface area (Å²) in [6.07, 6.45) is 0. The third-order valence-corrected chi connectivity index (χ3v) is 5.22. The average molecular weight is 424 g/mol. The molecular formula is C6H4Br4N2. The summed E-state index contributed by atoms with van der Waals surface area (Å²) in [5.74, 6) is 5.34. The Morgan fingerprint density at radius 1 is 1.00 bits per heavy atom. The molecule has 6 heteroatoms. The number of hydrogen-bond donors (Lipinski definition) is 2. The Balaban J connectivity index is 3.42. The number of halogens is 4. The minimum absolute atomic E-state index is 0.802. The van der Waals surface area contributed by atoms with Gasteiger partial charge < -0.3 is 5.43 Å². The number of benzene rings is 1. The van der Waals surface area contributed by atoms with Gasteiger partial charge in [-0.05, 0) is 69.8 Å². The third-order valence-electron chi connectivity index (χ3n) is 1.26.